The Labute approximate surface area is 122 Å². The fourth-order valence-electron chi connectivity index (χ4n) is 2.26. The molecule has 5 nitrogen and oxygen atoms in total. The molecule has 2 heterocycles. The van der Waals surface area contributed by atoms with Crippen LogP contribution in [0.3, 0.4) is 0 Å². The summed E-state index contributed by atoms with van der Waals surface area (Å²) >= 11 is 5.94. The van der Waals surface area contributed by atoms with Gasteiger partial charge in [-0.2, -0.15) is 0 Å². The van der Waals surface area contributed by atoms with E-state index in [1.807, 2.05) is 18.2 Å². The smallest absolute Gasteiger partial charge is 0.237 e. The third-order valence-electron chi connectivity index (χ3n) is 3.52. The molecule has 0 spiro atoms. The molecule has 1 amide bonds. The lowest BCUT2D eigenvalue weighted by molar-refractivity contribution is -0.124. The predicted octanol–water partition coefficient (Wildman–Crippen LogP) is 1.63. The van der Waals surface area contributed by atoms with E-state index in [4.69, 9.17) is 11.6 Å². The number of aromatic nitrogens is 2. The molecule has 0 aliphatic carbocycles. The monoisotopic (exact) mass is 292 g/mol. The minimum atomic E-state index is 0.0170. The van der Waals surface area contributed by atoms with Gasteiger partial charge in [0.05, 0.1) is 17.1 Å². The zero-order valence-electron chi connectivity index (χ0n) is 11.1. The molecule has 1 aromatic carbocycles. The first-order chi connectivity index (χ1) is 9.72. The Kier molecular flexibility index (Phi) is 3.89. The number of amides is 1. The van der Waals surface area contributed by atoms with Gasteiger partial charge in [-0.15, -0.1) is 0 Å². The van der Waals surface area contributed by atoms with Crippen LogP contribution in [0.5, 0.6) is 0 Å². The summed E-state index contributed by atoms with van der Waals surface area (Å²) in [6.45, 7) is 1.62. The molecule has 1 atom stereocenters. The van der Waals surface area contributed by atoms with Crippen molar-refractivity contribution in [2.75, 3.05) is 13.1 Å². The zero-order valence-corrected chi connectivity index (χ0v) is 11.8. The highest BCUT2D eigenvalue weighted by Crippen LogP contribution is 2.17. The fraction of sp³-hybridized carbons (Fsp3) is 0.429. The number of aromatic amines is 1. The van der Waals surface area contributed by atoms with E-state index < -0.39 is 0 Å². The van der Waals surface area contributed by atoms with Crippen molar-refractivity contribution in [2.45, 2.75) is 25.3 Å². The lowest BCUT2D eigenvalue weighted by Gasteiger charge is -2.26. The van der Waals surface area contributed by atoms with Crippen molar-refractivity contribution in [1.82, 2.24) is 20.6 Å². The number of hydrogen-bond acceptors (Lipinski definition) is 3. The van der Waals surface area contributed by atoms with Crippen LogP contribution in [0.1, 0.15) is 18.7 Å². The molecule has 0 saturated carbocycles. The first-order valence-electron chi connectivity index (χ1n) is 6.87. The van der Waals surface area contributed by atoms with E-state index in [1.54, 1.807) is 0 Å². The highest BCUT2D eigenvalue weighted by atomic mass is 35.5. The van der Waals surface area contributed by atoms with Crippen molar-refractivity contribution < 1.29 is 4.79 Å². The number of halogens is 1. The minimum Gasteiger partial charge on any atom is -0.355 e. The van der Waals surface area contributed by atoms with Crippen molar-refractivity contribution in [3.8, 4) is 0 Å². The topological polar surface area (TPSA) is 69.8 Å². The van der Waals surface area contributed by atoms with Gasteiger partial charge in [0, 0.05) is 18.0 Å². The van der Waals surface area contributed by atoms with Crippen LogP contribution >= 0.6 is 11.6 Å². The van der Waals surface area contributed by atoms with Gasteiger partial charge in [0.1, 0.15) is 5.82 Å². The zero-order chi connectivity index (χ0) is 13.9. The number of fused-ring (bicyclic) bond motifs is 1. The van der Waals surface area contributed by atoms with E-state index in [2.05, 4.69) is 20.6 Å². The number of carbonyl (C=O) groups excluding carboxylic acids is 1. The maximum absolute atomic E-state index is 11.6. The molecule has 3 rings (SSSR count). The second kappa shape index (κ2) is 5.81. The second-order valence-corrected chi connectivity index (χ2v) is 5.47. The van der Waals surface area contributed by atoms with E-state index in [-0.39, 0.29) is 11.9 Å². The normalized spacial score (nSPS) is 17.9. The highest BCUT2D eigenvalue weighted by Gasteiger charge is 2.23. The number of hydrogen-bond donors (Lipinski definition) is 3. The van der Waals surface area contributed by atoms with Gasteiger partial charge in [-0.3, -0.25) is 4.79 Å². The van der Waals surface area contributed by atoms with Crippen molar-refractivity contribution >= 4 is 28.5 Å². The Bertz CT molecular complexity index is 621. The van der Waals surface area contributed by atoms with Crippen LogP contribution in [-0.4, -0.2) is 35.0 Å². The number of nitrogens with zero attached hydrogens (tertiary/aromatic N) is 1. The summed E-state index contributed by atoms with van der Waals surface area (Å²) in [5.74, 6) is 1.03. The van der Waals surface area contributed by atoms with Gasteiger partial charge in [0.25, 0.3) is 0 Å². The van der Waals surface area contributed by atoms with Crippen LogP contribution in [0.25, 0.3) is 11.0 Å². The summed E-state index contributed by atoms with van der Waals surface area (Å²) < 4.78 is 0. The van der Waals surface area contributed by atoms with Crippen LogP contribution in [0.2, 0.25) is 5.02 Å². The van der Waals surface area contributed by atoms with Crippen LogP contribution < -0.4 is 10.6 Å². The van der Waals surface area contributed by atoms with Gasteiger partial charge in [0.2, 0.25) is 5.91 Å². The van der Waals surface area contributed by atoms with E-state index in [9.17, 15) is 4.79 Å². The van der Waals surface area contributed by atoms with Crippen LogP contribution in [0.15, 0.2) is 18.2 Å². The number of rotatable bonds is 5. The Morgan fingerprint density at radius 1 is 1.50 bits per heavy atom. The number of aryl methyl sites for hydroxylation is 1. The molecular weight excluding hydrogens is 276 g/mol. The largest absolute Gasteiger partial charge is 0.355 e. The lowest BCUT2D eigenvalue weighted by Crippen LogP contribution is -2.53. The SMILES string of the molecule is O=C(NCCCc1nc2ccc(Cl)cc2[nH]1)[C@H]1CCN1. The molecule has 6 heteroatoms. The first-order valence-corrected chi connectivity index (χ1v) is 7.25. The summed E-state index contributed by atoms with van der Waals surface area (Å²) in [4.78, 5) is 19.3. The average Bonchev–Trinajstić information content (AvgIpc) is 2.74. The Morgan fingerprint density at radius 2 is 2.35 bits per heavy atom. The molecule has 1 fully saturated rings. The molecule has 3 N–H and O–H groups in total. The van der Waals surface area contributed by atoms with Crippen LogP contribution in [-0.2, 0) is 11.2 Å². The quantitative estimate of drug-likeness (QED) is 0.734. The highest BCUT2D eigenvalue weighted by molar-refractivity contribution is 6.31. The van der Waals surface area contributed by atoms with Gasteiger partial charge in [0.15, 0.2) is 0 Å². The maximum atomic E-state index is 11.6. The predicted molar refractivity (Wildman–Crippen MR) is 78.8 cm³/mol. The van der Waals surface area contributed by atoms with Gasteiger partial charge >= 0.3 is 0 Å². The molecule has 1 saturated heterocycles. The van der Waals surface area contributed by atoms with Gasteiger partial charge in [-0.25, -0.2) is 4.98 Å². The molecule has 0 radical (unpaired) electrons. The number of benzene rings is 1. The number of nitrogens with one attached hydrogen (secondary N) is 3. The molecule has 1 aliphatic heterocycles. The van der Waals surface area contributed by atoms with E-state index in [0.29, 0.717) is 11.6 Å². The van der Waals surface area contributed by atoms with Gasteiger partial charge in [-0.1, -0.05) is 11.6 Å². The Balaban J connectivity index is 1.48. The summed E-state index contributed by atoms with van der Waals surface area (Å²) in [5.41, 5.74) is 1.88. The third-order valence-corrected chi connectivity index (χ3v) is 3.76. The van der Waals surface area contributed by atoms with Crippen molar-refractivity contribution in [3.05, 3.63) is 29.0 Å². The summed E-state index contributed by atoms with van der Waals surface area (Å²) in [7, 11) is 0. The van der Waals surface area contributed by atoms with E-state index in [1.165, 1.54) is 0 Å². The van der Waals surface area contributed by atoms with Crippen LogP contribution in [0.4, 0.5) is 0 Å². The summed E-state index contributed by atoms with van der Waals surface area (Å²) in [5, 5.41) is 6.72. The molecular formula is C14H17ClN4O. The summed E-state index contributed by atoms with van der Waals surface area (Å²) in [6, 6.07) is 5.63. The number of imidazole rings is 1. The Morgan fingerprint density at radius 3 is 3.10 bits per heavy atom. The maximum Gasteiger partial charge on any atom is 0.237 e. The fourth-order valence-corrected chi connectivity index (χ4v) is 2.43. The van der Waals surface area contributed by atoms with Gasteiger partial charge in [-0.05, 0) is 37.6 Å². The number of H-pyrrole nitrogens is 1. The molecule has 20 heavy (non-hydrogen) atoms. The third kappa shape index (κ3) is 2.94. The van der Waals surface area contributed by atoms with Crippen LogP contribution in [0, 0.1) is 0 Å². The molecule has 0 bridgehead atoms. The first kappa shape index (κ1) is 13.4. The standard InChI is InChI=1S/C14H17ClN4O/c15-9-3-4-10-12(8-9)19-13(18-10)2-1-6-17-14(20)11-5-7-16-11/h3-4,8,11,16H,1-2,5-7H2,(H,17,20)(H,18,19)/t11-/m1/s1. The molecule has 1 aliphatic rings. The number of carbonyl (C=O) groups is 1. The molecule has 0 unspecified atom stereocenters. The lowest BCUT2D eigenvalue weighted by atomic mass is 10.1. The van der Waals surface area contributed by atoms with Crippen molar-refractivity contribution in [2.24, 2.45) is 0 Å². The van der Waals surface area contributed by atoms with E-state index >= 15 is 0 Å². The minimum absolute atomic E-state index is 0.0170. The second-order valence-electron chi connectivity index (χ2n) is 5.03. The van der Waals surface area contributed by atoms with Gasteiger partial charge < -0.3 is 15.6 Å². The molecule has 2 aromatic rings. The molecule has 106 valence electrons. The van der Waals surface area contributed by atoms with Crippen molar-refractivity contribution in [1.29, 1.82) is 0 Å². The average molecular weight is 293 g/mol. The van der Waals surface area contributed by atoms with Crippen molar-refractivity contribution in [3.63, 3.8) is 0 Å². The van der Waals surface area contributed by atoms with E-state index in [0.717, 1.165) is 42.7 Å². The summed E-state index contributed by atoms with van der Waals surface area (Å²) in [6.07, 6.45) is 2.62. The molecule has 1 aromatic heterocycles. The Hall–Kier alpha value is -1.59.